The summed E-state index contributed by atoms with van der Waals surface area (Å²) in [5, 5.41) is 6.37. The van der Waals surface area contributed by atoms with Crippen molar-refractivity contribution >= 4 is 39.2 Å². The number of rotatable bonds is 11. The van der Waals surface area contributed by atoms with Crippen molar-refractivity contribution < 1.29 is 22.6 Å². The number of benzene rings is 3. The third kappa shape index (κ3) is 10.2. The second-order valence-corrected chi connectivity index (χ2v) is 17.7. The molecule has 0 bridgehead atoms. The third-order valence-electron chi connectivity index (χ3n) is 11.0. The van der Waals surface area contributed by atoms with Gasteiger partial charge in [0.05, 0.1) is 11.7 Å². The summed E-state index contributed by atoms with van der Waals surface area (Å²) >= 11 is 6.17. The first kappa shape index (κ1) is 38.5. The van der Waals surface area contributed by atoms with Gasteiger partial charge in [0.25, 0.3) is 16.0 Å². The van der Waals surface area contributed by atoms with Gasteiger partial charge in [0, 0.05) is 22.8 Å². The molecule has 2 aliphatic rings. The van der Waals surface area contributed by atoms with Crippen molar-refractivity contribution in [3.8, 4) is 11.1 Å². The molecule has 2 amide bonds. The second-order valence-electron chi connectivity index (χ2n) is 15.7. The lowest BCUT2D eigenvalue weighted by Gasteiger charge is -2.44. The maximum atomic E-state index is 14.1. The maximum absolute atomic E-state index is 14.1. The predicted molar refractivity (Wildman–Crippen MR) is 207 cm³/mol. The predicted octanol–water partition coefficient (Wildman–Crippen LogP) is 9.48. The minimum Gasteiger partial charge on any atom is -0.351 e. The molecule has 2 aliphatic carbocycles. The van der Waals surface area contributed by atoms with E-state index in [9.17, 15) is 18.0 Å². The summed E-state index contributed by atoms with van der Waals surface area (Å²) in [6, 6.07) is 20.6. The molecule has 5 rings (SSSR count). The second kappa shape index (κ2) is 15.9. The first-order valence-electron chi connectivity index (χ1n) is 17.9. The molecule has 272 valence electrons. The molecule has 0 aliphatic heterocycles. The van der Waals surface area contributed by atoms with Crippen LogP contribution in [-0.4, -0.2) is 37.1 Å². The van der Waals surface area contributed by atoms with Crippen molar-refractivity contribution in [3.63, 3.8) is 0 Å². The summed E-state index contributed by atoms with van der Waals surface area (Å²) in [6.07, 6.45) is 13.0. The molecule has 2 atom stereocenters. The van der Waals surface area contributed by atoms with Gasteiger partial charge in [0.2, 0.25) is 5.91 Å². The first-order chi connectivity index (χ1) is 24.0. The van der Waals surface area contributed by atoms with Crippen LogP contribution in [0, 0.1) is 35.5 Å². The largest absolute Gasteiger partial charge is 0.351 e. The van der Waals surface area contributed by atoms with Crippen molar-refractivity contribution in [1.82, 2.24) is 5.32 Å². The molecule has 0 saturated heterocycles. The van der Waals surface area contributed by atoms with Crippen LogP contribution in [0.4, 0.5) is 5.69 Å². The Balaban J connectivity index is 1.32. The van der Waals surface area contributed by atoms with Crippen LogP contribution in [-0.2, 0) is 21.3 Å². The maximum Gasteiger partial charge on any atom is 0.266 e. The molecule has 0 spiro atoms. The number of nitrogens with one attached hydrogen (secondary N) is 2. The molecule has 1 fully saturated rings. The van der Waals surface area contributed by atoms with E-state index < -0.39 is 27.7 Å². The Labute approximate surface area is 308 Å². The van der Waals surface area contributed by atoms with Crippen molar-refractivity contribution in [3.05, 3.63) is 112 Å². The molecule has 3 aromatic carbocycles. The van der Waals surface area contributed by atoms with Gasteiger partial charge in [-0.05, 0) is 132 Å². The monoisotopic (exact) mass is 730 g/mol. The lowest BCUT2D eigenvalue weighted by molar-refractivity contribution is -0.118. The number of carbonyl (C=O) groups is 2. The van der Waals surface area contributed by atoms with Crippen molar-refractivity contribution in [2.24, 2.45) is 28.6 Å². The summed E-state index contributed by atoms with van der Waals surface area (Å²) < 4.78 is 31.0. The van der Waals surface area contributed by atoms with E-state index >= 15 is 0 Å². The van der Waals surface area contributed by atoms with Crippen LogP contribution < -0.4 is 10.6 Å². The number of carbonyl (C=O) groups excluding carboxylic acids is 2. The Hall–Kier alpha value is -3.72. The number of hydrogen-bond donors (Lipinski definition) is 3. The highest BCUT2D eigenvalue weighted by atomic mass is 35.5. The summed E-state index contributed by atoms with van der Waals surface area (Å²) in [4.78, 5) is 26.6. The molecule has 3 aromatic rings. The fourth-order valence-corrected chi connectivity index (χ4v) is 8.23. The fourth-order valence-electron chi connectivity index (χ4n) is 7.64. The van der Waals surface area contributed by atoms with Gasteiger partial charge in [-0.25, -0.2) is 0 Å². The standard InChI is InChI=1S/C42H51ClN2O5S/c1-28-26-35(43)16-19-37(28)30-10-17-36(18-11-30)45-40(47)38(27-29-6-8-32(9-7-29)39(46)44-24-25-51(48,49)50)31-20-22-42(5,23-21-31)34-14-12-33(13-15-34)41(2,3)4/h6-11,16-22,26,33-34,38H,12-15,23-25,27H2,1-5H3,(H,44,46)(H,45,47)(H,48,49,50)/t33-,34-,38-,42?/m1/s1. The lowest BCUT2D eigenvalue weighted by Crippen LogP contribution is -2.34. The van der Waals surface area contributed by atoms with E-state index in [0.29, 0.717) is 34.0 Å². The minimum absolute atomic E-state index is 0.0490. The Kier molecular flexibility index (Phi) is 12.0. The van der Waals surface area contributed by atoms with Crippen LogP contribution in [0.3, 0.4) is 0 Å². The van der Waals surface area contributed by atoms with Gasteiger partial charge < -0.3 is 10.6 Å². The quantitative estimate of drug-likeness (QED) is 0.170. The zero-order valence-corrected chi connectivity index (χ0v) is 31.9. The summed E-state index contributed by atoms with van der Waals surface area (Å²) in [5.41, 5.74) is 6.52. The highest BCUT2D eigenvalue weighted by Crippen LogP contribution is 2.49. The molecule has 0 aromatic heterocycles. The molecule has 9 heteroatoms. The van der Waals surface area contributed by atoms with Gasteiger partial charge in [-0.3, -0.25) is 14.1 Å². The molecule has 0 radical (unpaired) electrons. The van der Waals surface area contributed by atoms with E-state index in [4.69, 9.17) is 16.2 Å². The molecule has 0 heterocycles. The summed E-state index contributed by atoms with van der Waals surface area (Å²) in [5.74, 6) is -0.209. The fraction of sp³-hybridized carbons (Fsp3) is 0.429. The van der Waals surface area contributed by atoms with Gasteiger partial charge in [0.15, 0.2) is 0 Å². The number of aryl methyl sites for hydroxylation is 1. The minimum atomic E-state index is -4.17. The van der Waals surface area contributed by atoms with Gasteiger partial charge >= 0.3 is 0 Å². The number of hydrogen-bond acceptors (Lipinski definition) is 4. The van der Waals surface area contributed by atoms with E-state index in [-0.39, 0.29) is 17.9 Å². The molecular formula is C42H51ClN2O5S. The van der Waals surface area contributed by atoms with E-state index in [1.807, 2.05) is 61.5 Å². The Morgan fingerprint density at radius 2 is 1.65 bits per heavy atom. The van der Waals surface area contributed by atoms with Gasteiger partial charge in [-0.2, -0.15) is 8.42 Å². The zero-order valence-electron chi connectivity index (χ0n) is 30.3. The van der Waals surface area contributed by atoms with Gasteiger partial charge in [-0.15, -0.1) is 0 Å². The number of halogens is 1. The van der Waals surface area contributed by atoms with E-state index in [1.165, 1.54) is 25.7 Å². The van der Waals surface area contributed by atoms with Gasteiger partial charge in [0.1, 0.15) is 0 Å². The topological polar surface area (TPSA) is 113 Å². The van der Waals surface area contributed by atoms with E-state index in [0.717, 1.165) is 40.2 Å². The lowest BCUT2D eigenvalue weighted by atomic mass is 9.61. The van der Waals surface area contributed by atoms with Crippen LogP contribution in [0.15, 0.2) is 90.5 Å². The normalized spacial score (nSPS) is 21.4. The summed E-state index contributed by atoms with van der Waals surface area (Å²) in [6.45, 7) is 11.2. The molecule has 7 nitrogen and oxygen atoms in total. The number of amides is 2. The molecule has 51 heavy (non-hydrogen) atoms. The average molecular weight is 731 g/mol. The van der Waals surface area contributed by atoms with Gasteiger partial charge in [-0.1, -0.05) is 87.9 Å². The Bertz CT molecular complexity index is 1890. The smallest absolute Gasteiger partial charge is 0.266 e. The molecule has 1 unspecified atom stereocenters. The number of allylic oxidation sites excluding steroid dienone is 3. The van der Waals surface area contributed by atoms with Crippen LogP contribution in [0.5, 0.6) is 0 Å². The highest BCUT2D eigenvalue weighted by Gasteiger charge is 2.39. The van der Waals surface area contributed by atoms with Crippen LogP contribution >= 0.6 is 11.6 Å². The van der Waals surface area contributed by atoms with E-state index in [2.05, 4.69) is 56.6 Å². The van der Waals surface area contributed by atoms with Crippen molar-refractivity contribution in [2.45, 2.75) is 73.1 Å². The van der Waals surface area contributed by atoms with Crippen LogP contribution in [0.25, 0.3) is 11.1 Å². The van der Waals surface area contributed by atoms with Crippen LogP contribution in [0.1, 0.15) is 81.3 Å². The molecular weight excluding hydrogens is 680 g/mol. The number of anilines is 1. The Morgan fingerprint density at radius 1 is 0.980 bits per heavy atom. The Morgan fingerprint density at radius 3 is 2.22 bits per heavy atom. The molecule has 1 saturated carbocycles. The highest BCUT2D eigenvalue weighted by molar-refractivity contribution is 7.85. The zero-order chi connectivity index (χ0) is 37.0. The van der Waals surface area contributed by atoms with Crippen molar-refractivity contribution in [2.75, 3.05) is 17.6 Å². The SMILES string of the molecule is Cc1cc(Cl)ccc1-c1ccc(NC(=O)[C@H](Cc2ccc(C(=O)NCCS(=O)(=O)O)cc2)C2=CCC(C)([C@H]3CC[C@H](C(C)(C)C)CC3)C=C2)cc1. The molecule has 3 N–H and O–H groups in total. The summed E-state index contributed by atoms with van der Waals surface area (Å²) in [7, 11) is -4.17. The average Bonchev–Trinajstić information content (AvgIpc) is 3.07. The van der Waals surface area contributed by atoms with E-state index in [1.54, 1.807) is 12.1 Å². The van der Waals surface area contributed by atoms with Crippen molar-refractivity contribution in [1.29, 1.82) is 0 Å². The first-order valence-corrected chi connectivity index (χ1v) is 19.9. The van der Waals surface area contributed by atoms with Crippen LogP contribution in [0.2, 0.25) is 5.02 Å². The third-order valence-corrected chi connectivity index (χ3v) is 11.9.